The molecule has 1 unspecified atom stereocenters. The van der Waals surface area contributed by atoms with Crippen LogP contribution in [0, 0.1) is 63.9 Å². The molecule has 0 aromatic carbocycles. The first-order valence-corrected chi connectivity index (χ1v) is 7.75. The summed E-state index contributed by atoms with van der Waals surface area (Å²) in [5.41, 5.74) is 0. The Morgan fingerprint density at radius 1 is 0.913 bits per heavy atom. The second-order valence-corrected chi connectivity index (χ2v) is 4.46. The van der Waals surface area contributed by atoms with Gasteiger partial charge in [-0.1, -0.05) is 13.1 Å². The first-order valence-electron chi connectivity index (χ1n) is 4.37. The fraction of sp³-hybridized carbons (Fsp3) is 0.167. The fourth-order valence-electron chi connectivity index (χ4n) is 0.581. The number of halogens is 2. The van der Waals surface area contributed by atoms with Crippen molar-refractivity contribution in [3.63, 3.8) is 0 Å². The maximum Gasteiger partial charge on any atom is 0.0213 e. The SMILES string of the molecule is C[SiH]C.Cl.Cl.[C-]1=CC=CC1.[CH3-].[CH3-].[CH3-].[CH3-].[CH3-].[CH3-].[CH3-].[Zr].[c-]1ccc[pH]1. The van der Waals surface area contributed by atoms with Gasteiger partial charge in [0.25, 0.3) is 0 Å². The molecule has 0 spiro atoms. The van der Waals surface area contributed by atoms with Crippen molar-refractivity contribution in [2.24, 2.45) is 0 Å². The van der Waals surface area contributed by atoms with Gasteiger partial charge in [-0.2, -0.15) is 23.7 Å². The Hall–Kier alpha value is 0.940. The van der Waals surface area contributed by atoms with Gasteiger partial charge in [0.05, 0.1) is 0 Å². The first kappa shape index (κ1) is 75.2. The van der Waals surface area contributed by atoms with Crippen molar-refractivity contribution in [1.82, 2.24) is 0 Å². The summed E-state index contributed by atoms with van der Waals surface area (Å²) in [6, 6.07) is 3.96. The summed E-state index contributed by atoms with van der Waals surface area (Å²) < 4.78 is 0. The molecule has 0 fully saturated rings. The van der Waals surface area contributed by atoms with Crippen LogP contribution in [0.1, 0.15) is 6.42 Å². The molecule has 2 rings (SSSR count). The summed E-state index contributed by atoms with van der Waals surface area (Å²) >= 11 is 0. The van der Waals surface area contributed by atoms with Gasteiger partial charge in [0, 0.05) is 35.7 Å². The molecular weight excluding hydrogens is 437 g/mol. The Balaban J connectivity index is -0.00000000874. The molecule has 1 aliphatic rings. The minimum Gasteiger partial charge on any atom is -0.358 e. The van der Waals surface area contributed by atoms with Gasteiger partial charge in [-0.15, -0.1) is 31.2 Å². The third-order valence-corrected chi connectivity index (χ3v) is 1.72. The summed E-state index contributed by atoms with van der Waals surface area (Å²) in [5, 5.41) is 0. The molecule has 0 amide bonds. The van der Waals surface area contributed by atoms with Crippen LogP contribution in [-0.2, 0) is 26.2 Å². The largest absolute Gasteiger partial charge is 0.358 e. The Morgan fingerprint density at radius 2 is 1.35 bits per heavy atom. The molecule has 1 heterocycles. The number of allylic oxidation sites excluding steroid dienone is 4. The molecule has 1 aliphatic carbocycles. The van der Waals surface area contributed by atoms with Crippen molar-refractivity contribution in [3.05, 3.63) is 100 Å². The molecule has 1 radical (unpaired) electrons. The van der Waals surface area contributed by atoms with E-state index < -0.39 is 0 Å². The van der Waals surface area contributed by atoms with Gasteiger partial charge in [0.15, 0.2) is 0 Å². The zero-order chi connectivity index (χ0) is 9.78. The maximum atomic E-state index is 3.01. The topological polar surface area (TPSA) is 0 Å². The summed E-state index contributed by atoms with van der Waals surface area (Å²) in [6.45, 7) is 4.42. The zero-order valence-corrected chi connectivity index (χ0v) is 22.8. The quantitative estimate of drug-likeness (QED) is 0.271. The van der Waals surface area contributed by atoms with Gasteiger partial charge in [-0.3, -0.25) is 14.3 Å². The van der Waals surface area contributed by atoms with E-state index in [1.807, 2.05) is 24.3 Å². The molecule has 5 heteroatoms. The third-order valence-electron chi connectivity index (χ3n) is 1.03. The second kappa shape index (κ2) is 77.5. The van der Waals surface area contributed by atoms with Crippen LogP contribution in [0.25, 0.3) is 0 Å². The van der Waals surface area contributed by atoms with Gasteiger partial charge in [0.1, 0.15) is 0 Å². The van der Waals surface area contributed by atoms with Crippen molar-refractivity contribution in [2.45, 2.75) is 19.5 Å². The Kier molecular flexibility index (Phi) is 253. The average molecular weight is 477 g/mol. The van der Waals surface area contributed by atoms with Crippen molar-refractivity contribution < 1.29 is 26.2 Å². The number of hydrogen-bond acceptors (Lipinski definition) is 0. The van der Waals surface area contributed by atoms with Crippen molar-refractivity contribution in [3.8, 4) is 0 Å². The van der Waals surface area contributed by atoms with Crippen LogP contribution in [0.4, 0.5) is 0 Å². The Morgan fingerprint density at radius 3 is 1.43 bits per heavy atom. The molecule has 0 nitrogen and oxygen atoms in total. The predicted octanol–water partition coefficient (Wildman–Crippen LogP) is 7.34. The molecule has 0 aliphatic heterocycles. The van der Waals surface area contributed by atoms with E-state index in [2.05, 4.69) is 36.8 Å². The smallest absolute Gasteiger partial charge is 0.0213 e. The van der Waals surface area contributed by atoms with E-state index >= 15 is 0 Å². The molecule has 1 aromatic rings. The summed E-state index contributed by atoms with van der Waals surface area (Å²) in [7, 11) is 1.57. The third kappa shape index (κ3) is 84.0. The minimum absolute atomic E-state index is 0. The zero-order valence-electron chi connectivity index (χ0n) is 16.6. The Bertz CT molecular complexity index is 202. The van der Waals surface area contributed by atoms with Crippen LogP contribution in [0.3, 0.4) is 0 Å². The van der Waals surface area contributed by atoms with Crippen LogP contribution < -0.4 is 0 Å². The van der Waals surface area contributed by atoms with E-state index in [-0.39, 0.29) is 103 Å². The monoisotopic (exact) mass is 474 g/mol. The Labute approximate surface area is 187 Å². The molecule has 1 atom stereocenters. The van der Waals surface area contributed by atoms with Crippen LogP contribution in [0.15, 0.2) is 36.2 Å². The van der Waals surface area contributed by atoms with E-state index in [0.717, 1.165) is 24.1 Å². The maximum absolute atomic E-state index is 3.01. The molecule has 147 valence electrons. The summed E-state index contributed by atoms with van der Waals surface area (Å²) in [6.07, 6.45) is 10.0. The van der Waals surface area contributed by atoms with Gasteiger partial charge in [-0.25, -0.2) is 18.2 Å². The van der Waals surface area contributed by atoms with Crippen LogP contribution in [-0.4, -0.2) is 9.52 Å². The fourth-order valence-corrected chi connectivity index (χ4v) is 1.06. The van der Waals surface area contributed by atoms with Gasteiger partial charge in [-0.05, 0) is 0 Å². The first-order chi connectivity index (χ1) is 6.41. The van der Waals surface area contributed by atoms with E-state index in [1.54, 1.807) is 0 Å². The van der Waals surface area contributed by atoms with Gasteiger partial charge < -0.3 is 52.0 Å². The van der Waals surface area contributed by atoms with E-state index in [0.29, 0.717) is 0 Å². The van der Waals surface area contributed by atoms with Crippen molar-refractivity contribution >= 4 is 42.5 Å². The molecule has 1 aromatic heterocycles. The molecule has 0 bridgehead atoms. The van der Waals surface area contributed by atoms with E-state index in [9.17, 15) is 0 Å². The van der Waals surface area contributed by atoms with Crippen molar-refractivity contribution in [1.29, 1.82) is 0 Å². The second-order valence-electron chi connectivity index (χ2n) is 2.39. The van der Waals surface area contributed by atoms with E-state index in [4.69, 9.17) is 0 Å². The van der Waals surface area contributed by atoms with Crippen LogP contribution in [0.5, 0.6) is 0 Å². The molecule has 0 N–H and O–H groups in total. The average Bonchev–Trinajstić information content (AvgIpc) is 2.85. The minimum atomic E-state index is 0. The molecular formula is C18H39Cl2PSiZr-9. The van der Waals surface area contributed by atoms with Gasteiger partial charge in [0.2, 0.25) is 0 Å². The van der Waals surface area contributed by atoms with E-state index in [1.165, 1.54) is 0 Å². The summed E-state index contributed by atoms with van der Waals surface area (Å²) in [5.74, 6) is 5.11. The predicted molar refractivity (Wildman–Crippen MR) is 125 cm³/mol. The summed E-state index contributed by atoms with van der Waals surface area (Å²) in [4.78, 5) is 0. The van der Waals surface area contributed by atoms with Crippen molar-refractivity contribution in [2.75, 3.05) is 0 Å². The van der Waals surface area contributed by atoms with Crippen LogP contribution in [0.2, 0.25) is 13.1 Å². The van der Waals surface area contributed by atoms with Gasteiger partial charge >= 0.3 is 0 Å². The van der Waals surface area contributed by atoms with Crippen LogP contribution >= 0.6 is 33.0 Å². The molecule has 0 saturated carbocycles. The number of rotatable bonds is 0. The molecule has 0 saturated heterocycles. The standard InChI is InChI=1S/C5H5.C4H4P.C2H7Si.7CH3.2ClH.Zr/c2*1-2-4-5-3-1;1-3-2;;;;;;;;;;/h1-3H,4H2;1-3,5H;3H,1-2H3;7*1H3;2*1H;/q2*-1;;7*-1;;;. The normalized spacial score (nSPS) is 6.70. The number of hydrogen-bond donors (Lipinski definition) is 0. The molecule has 23 heavy (non-hydrogen) atoms.